The molecule has 2 N–H and O–H groups in total. The van der Waals surface area contributed by atoms with Gasteiger partial charge in [-0.15, -0.1) is 0 Å². The number of amides is 4. The summed E-state index contributed by atoms with van der Waals surface area (Å²) in [6.07, 6.45) is 0.382. The number of esters is 1. The van der Waals surface area contributed by atoms with E-state index in [1.807, 2.05) is 0 Å². The number of benzene rings is 1. The zero-order valence-electron chi connectivity index (χ0n) is 15.1. The van der Waals surface area contributed by atoms with Gasteiger partial charge in [-0.2, -0.15) is 0 Å². The Morgan fingerprint density at radius 1 is 1.33 bits per heavy atom. The highest BCUT2D eigenvalue weighted by atomic mass is 35.5. The number of carbonyl (C=O) groups is 4. The number of hydrogen-bond acceptors (Lipinski definition) is 6. The van der Waals surface area contributed by atoms with E-state index in [4.69, 9.17) is 21.1 Å². The van der Waals surface area contributed by atoms with E-state index in [0.717, 1.165) is 4.90 Å². The van der Waals surface area contributed by atoms with E-state index in [1.165, 1.54) is 13.2 Å². The van der Waals surface area contributed by atoms with Gasteiger partial charge in [-0.1, -0.05) is 18.5 Å². The number of halogens is 1. The van der Waals surface area contributed by atoms with Gasteiger partial charge in [-0.05, 0) is 31.5 Å². The second kappa shape index (κ2) is 8.26. The molecule has 1 aliphatic heterocycles. The average molecular weight is 398 g/mol. The number of carbonyl (C=O) groups excluding carboxylic acids is 4. The van der Waals surface area contributed by atoms with Crippen LogP contribution in [0.2, 0.25) is 5.02 Å². The SMILES string of the molecule is CC[C@]1(C)NC(=O)N(CC(=O)OCC(=O)Nc2cc(Cl)ccc2OC)C1=O. The summed E-state index contributed by atoms with van der Waals surface area (Å²) in [5.74, 6) is -1.64. The van der Waals surface area contributed by atoms with Crippen molar-refractivity contribution < 1.29 is 28.7 Å². The summed E-state index contributed by atoms with van der Waals surface area (Å²) in [4.78, 5) is 48.7. The lowest BCUT2D eigenvalue weighted by Crippen LogP contribution is -2.43. The highest BCUT2D eigenvalue weighted by Crippen LogP contribution is 2.27. The molecule has 1 aromatic carbocycles. The Balaban J connectivity index is 1.89. The fourth-order valence-electron chi connectivity index (χ4n) is 2.42. The molecule has 0 spiro atoms. The first-order valence-electron chi connectivity index (χ1n) is 8.13. The monoisotopic (exact) mass is 397 g/mol. The second-order valence-corrected chi connectivity index (χ2v) is 6.50. The van der Waals surface area contributed by atoms with Crippen LogP contribution >= 0.6 is 11.6 Å². The Bertz CT molecular complexity index is 784. The van der Waals surface area contributed by atoms with Crippen molar-refractivity contribution >= 4 is 41.1 Å². The second-order valence-electron chi connectivity index (χ2n) is 6.06. The number of rotatable bonds is 7. The van der Waals surface area contributed by atoms with Crippen molar-refractivity contribution in [2.24, 2.45) is 0 Å². The molecule has 0 aliphatic carbocycles. The number of anilines is 1. The number of hydrogen-bond donors (Lipinski definition) is 2. The lowest BCUT2D eigenvalue weighted by atomic mass is 9.99. The standard InChI is InChI=1S/C17H20ClN3O6/c1-4-17(2)15(24)21(16(25)20-17)8-14(23)27-9-13(22)19-11-7-10(18)5-6-12(11)26-3/h5-7H,4,8-9H2,1-3H3,(H,19,22)(H,20,25)/t17-/m0/s1. The van der Waals surface area contributed by atoms with Crippen LogP contribution in [0.5, 0.6) is 5.75 Å². The maximum Gasteiger partial charge on any atom is 0.326 e. The zero-order chi connectivity index (χ0) is 20.2. The van der Waals surface area contributed by atoms with Gasteiger partial charge >= 0.3 is 12.0 Å². The minimum absolute atomic E-state index is 0.318. The van der Waals surface area contributed by atoms with E-state index in [9.17, 15) is 19.2 Å². The molecule has 1 aromatic rings. The number of methoxy groups -OCH3 is 1. The van der Waals surface area contributed by atoms with E-state index in [1.54, 1.807) is 26.0 Å². The first-order chi connectivity index (χ1) is 12.7. The van der Waals surface area contributed by atoms with Crippen LogP contribution in [-0.4, -0.2) is 54.5 Å². The van der Waals surface area contributed by atoms with Gasteiger partial charge in [0, 0.05) is 5.02 Å². The van der Waals surface area contributed by atoms with Crippen molar-refractivity contribution in [3.05, 3.63) is 23.2 Å². The summed E-state index contributed by atoms with van der Waals surface area (Å²) in [5, 5.41) is 5.42. The van der Waals surface area contributed by atoms with Gasteiger partial charge in [-0.25, -0.2) is 4.79 Å². The molecule has 1 aliphatic rings. The van der Waals surface area contributed by atoms with Crippen molar-refractivity contribution in [2.75, 3.05) is 25.6 Å². The smallest absolute Gasteiger partial charge is 0.326 e. The molecule has 4 amide bonds. The predicted octanol–water partition coefficient (Wildman–Crippen LogP) is 1.55. The zero-order valence-corrected chi connectivity index (χ0v) is 15.9. The van der Waals surface area contributed by atoms with Crippen LogP contribution in [-0.2, 0) is 19.1 Å². The third-order valence-electron chi connectivity index (χ3n) is 4.14. The van der Waals surface area contributed by atoms with Crippen LogP contribution < -0.4 is 15.4 Å². The van der Waals surface area contributed by atoms with Gasteiger partial charge in [0.05, 0.1) is 12.8 Å². The molecule has 1 fully saturated rings. The fraction of sp³-hybridized carbons (Fsp3) is 0.412. The van der Waals surface area contributed by atoms with Crippen molar-refractivity contribution in [1.29, 1.82) is 0 Å². The molecular weight excluding hydrogens is 378 g/mol. The molecule has 10 heteroatoms. The molecule has 0 aromatic heterocycles. The van der Waals surface area contributed by atoms with Crippen molar-refractivity contribution in [3.8, 4) is 5.75 Å². The molecule has 0 bridgehead atoms. The third-order valence-corrected chi connectivity index (χ3v) is 4.37. The lowest BCUT2D eigenvalue weighted by molar-refractivity contribution is -0.150. The van der Waals surface area contributed by atoms with Gasteiger partial charge in [0.2, 0.25) is 0 Å². The number of nitrogens with one attached hydrogen (secondary N) is 2. The van der Waals surface area contributed by atoms with E-state index < -0.39 is 42.5 Å². The third kappa shape index (κ3) is 4.68. The topological polar surface area (TPSA) is 114 Å². The number of nitrogens with zero attached hydrogens (tertiary/aromatic N) is 1. The summed E-state index contributed by atoms with van der Waals surface area (Å²) in [6.45, 7) is 2.15. The molecule has 146 valence electrons. The van der Waals surface area contributed by atoms with Crippen LogP contribution in [0.15, 0.2) is 18.2 Å². The lowest BCUT2D eigenvalue weighted by Gasteiger charge is -2.18. The quantitative estimate of drug-likeness (QED) is 0.533. The van der Waals surface area contributed by atoms with Crippen LogP contribution in [0.25, 0.3) is 0 Å². The van der Waals surface area contributed by atoms with Gasteiger partial charge in [-0.3, -0.25) is 19.3 Å². The number of ether oxygens (including phenoxy) is 2. The Hall–Kier alpha value is -2.81. The Labute approximate surface area is 160 Å². The summed E-state index contributed by atoms with van der Waals surface area (Å²) in [6, 6.07) is 3.98. The van der Waals surface area contributed by atoms with E-state index >= 15 is 0 Å². The molecule has 0 saturated carbocycles. The highest BCUT2D eigenvalue weighted by molar-refractivity contribution is 6.31. The maximum absolute atomic E-state index is 12.2. The minimum atomic E-state index is -1.04. The Morgan fingerprint density at radius 3 is 2.63 bits per heavy atom. The number of urea groups is 1. The van der Waals surface area contributed by atoms with Crippen LogP contribution in [0.4, 0.5) is 10.5 Å². The molecule has 1 heterocycles. The molecule has 0 radical (unpaired) electrons. The normalized spacial score (nSPS) is 18.9. The average Bonchev–Trinajstić information content (AvgIpc) is 2.84. The molecule has 2 rings (SSSR count). The summed E-state index contributed by atoms with van der Waals surface area (Å²) in [7, 11) is 1.43. The first kappa shape index (κ1) is 20.5. The van der Waals surface area contributed by atoms with Gasteiger partial charge in [0.15, 0.2) is 6.61 Å². The van der Waals surface area contributed by atoms with Crippen molar-refractivity contribution in [2.45, 2.75) is 25.8 Å². The fourth-order valence-corrected chi connectivity index (χ4v) is 2.59. The molecule has 9 nitrogen and oxygen atoms in total. The molecule has 1 saturated heterocycles. The van der Waals surface area contributed by atoms with Crippen LogP contribution in [0.1, 0.15) is 20.3 Å². The summed E-state index contributed by atoms with van der Waals surface area (Å²) in [5.41, 5.74) is -0.725. The van der Waals surface area contributed by atoms with Crippen LogP contribution in [0, 0.1) is 0 Å². The largest absolute Gasteiger partial charge is 0.495 e. The highest BCUT2D eigenvalue weighted by Gasteiger charge is 2.47. The summed E-state index contributed by atoms with van der Waals surface area (Å²) < 4.78 is 9.94. The Kier molecular flexibility index (Phi) is 6.27. The van der Waals surface area contributed by atoms with E-state index in [2.05, 4.69) is 10.6 Å². The number of imide groups is 1. The molecule has 1 atom stereocenters. The van der Waals surface area contributed by atoms with E-state index in [0.29, 0.717) is 22.9 Å². The van der Waals surface area contributed by atoms with Gasteiger partial charge in [0.25, 0.3) is 11.8 Å². The minimum Gasteiger partial charge on any atom is -0.495 e. The van der Waals surface area contributed by atoms with Gasteiger partial charge < -0.3 is 20.1 Å². The molecule has 27 heavy (non-hydrogen) atoms. The molecular formula is C17H20ClN3O6. The maximum atomic E-state index is 12.2. The van der Waals surface area contributed by atoms with Crippen LogP contribution in [0.3, 0.4) is 0 Å². The van der Waals surface area contributed by atoms with Crippen molar-refractivity contribution in [3.63, 3.8) is 0 Å². The summed E-state index contributed by atoms with van der Waals surface area (Å²) >= 11 is 5.87. The molecule has 0 unspecified atom stereocenters. The predicted molar refractivity (Wildman–Crippen MR) is 96.5 cm³/mol. The van der Waals surface area contributed by atoms with Crippen molar-refractivity contribution in [1.82, 2.24) is 10.2 Å². The first-order valence-corrected chi connectivity index (χ1v) is 8.51. The Morgan fingerprint density at radius 2 is 2.04 bits per heavy atom. The van der Waals surface area contributed by atoms with E-state index in [-0.39, 0.29) is 0 Å². The van der Waals surface area contributed by atoms with Gasteiger partial charge in [0.1, 0.15) is 17.8 Å².